The first-order chi connectivity index (χ1) is 27.9. The lowest BCUT2D eigenvalue weighted by Crippen LogP contribution is -2.28. The smallest absolute Gasteiger partial charge is 0.379 e. The van der Waals surface area contributed by atoms with Gasteiger partial charge in [0.2, 0.25) is 0 Å². The average Bonchev–Trinajstić information content (AvgIpc) is 3.13. The molecular formula is C52H107O6P. The Bertz CT molecular complexity index is 953. The molecule has 0 aliphatic rings. The highest BCUT2D eigenvalue weighted by Crippen LogP contribution is 2.36. The van der Waals surface area contributed by atoms with E-state index in [1.807, 2.05) is 0 Å². The third kappa shape index (κ3) is 41.8. The molecule has 0 saturated heterocycles. The normalized spacial score (nSPS) is 17.2. The maximum Gasteiger partial charge on any atom is 0.469 e. The summed E-state index contributed by atoms with van der Waals surface area (Å²) in [5, 5.41) is 0. The van der Waals surface area contributed by atoms with E-state index in [0.29, 0.717) is 31.7 Å². The molecule has 7 heteroatoms. The van der Waals surface area contributed by atoms with Crippen LogP contribution in [0.3, 0.4) is 0 Å². The second-order valence-electron chi connectivity index (χ2n) is 21.7. The van der Waals surface area contributed by atoms with Crippen LogP contribution in [0.5, 0.6) is 0 Å². The summed E-state index contributed by atoms with van der Waals surface area (Å²) in [5.41, 5.74) is 0. The summed E-state index contributed by atoms with van der Waals surface area (Å²) < 4.78 is 28.4. The number of phosphoric acid groups is 1. The second-order valence-corrected chi connectivity index (χ2v) is 22.9. The van der Waals surface area contributed by atoms with Crippen LogP contribution in [-0.2, 0) is 18.6 Å². The Hall–Kier alpha value is 0.0300. The molecule has 2 N–H and O–H groups in total. The van der Waals surface area contributed by atoms with E-state index in [4.69, 9.17) is 14.0 Å². The lowest BCUT2D eigenvalue weighted by atomic mass is 9.90. The Morgan fingerprint density at radius 1 is 0.356 bits per heavy atom. The first-order valence-corrected chi connectivity index (χ1v) is 27.3. The Labute approximate surface area is 370 Å². The van der Waals surface area contributed by atoms with Gasteiger partial charge in [-0.2, -0.15) is 0 Å². The number of rotatable bonds is 43. The molecule has 0 bridgehead atoms. The van der Waals surface area contributed by atoms with Crippen LogP contribution in [0.4, 0.5) is 0 Å². The molecule has 0 aliphatic heterocycles. The standard InChI is InChI=1S/C52H107O6P/c1-42(2)21-13-23-44(5)25-15-27-46(7)29-17-31-48(9)33-19-35-50(11)37-38-56-40-52(41-58-59(53,54)55)57-39-51(12)36-20-34-49(10)32-18-30-47(8)28-16-26-45(6)24-14-22-43(3)4/h42-52H,13-41H2,1-12H3,(H2,53,54,55)/t44-,45+,46-,47-,48-,49-,50+,51+,52-/m0/s1. The Kier molecular flexibility index (Phi) is 37.4. The van der Waals surface area contributed by atoms with Crippen LogP contribution >= 0.6 is 7.82 Å². The number of hydrogen-bond donors (Lipinski definition) is 2. The van der Waals surface area contributed by atoms with Crippen molar-refractivity contribution in [2.45, 2.75) is 250 Å². The van der Waals surface area contributed by atoms with Crippen LogP contribution < -0.4 is 0 Å². The fraction of sp³-hybridized carbons (Fsp3) is 1.00. The van der Waals surface area contributed by atoms with Crippen LogP contribution in [-0.4, -0.2) is 42.3 Å². The van der Waals surface area contributed by atoms with Crippen molar-refractivity contribution >= 4 is 7.82 Å². The minimum atomic E-state index is -4.57. The molecule has 0 spiro atoms. The highest BCUT2D eigenvalue weighted by molar-refractivity contribution is 7.46. The molecule has 9 atom stereocenters. The number of hydrogen-bond acceptors (Lipinski definition) is 4. The van der Waals surface area contributed by atoms with Crippen molar-refractivity contribution in [3.05, 3.63) is 0 Å². The molecule has 0 saturated carbocycles. The molecule has 356 valence electrons. The van der Waals surface area contributed by atoms with Crippen molar-refractivity contribution in [2.75, 3.05) is 26.4 Å². The first kappa shape index (κ1) is 59.0. The molecule has 0 amide bonds. The molecule has 0 aromatic carbocycles. The van der Waals surface area contributed by atoms with Gasteiger partial charge in [0.05, 0.1) is 13.2 Å². The van der Waals surface area contributed by atoms with Gasteiger partial charge in [0, 0.05) is 13.2 Å². The van der Waals surface area contributed by atoms with Gasteiger partial charge in [-0.15, -0.1) is 0 Å². The van der Waals surface area contributed by atoms with Gasteiger partial charge in [-0.1, -0.05) is 231 Å². The highest BCUT2D eigenvalue weighted by atomic mass is 31.2. The predicted molar refractivity (Wildman–Crippen MR) is 257 cm³/mol. The molecular weight excluding hydrogens is 752 g/mol. The topological polar surface area (TPSA) is 85.2 Å². The lowest BCUT2D eigenvalue weighted by Gasteiger charge is -2.22. The molecule has 59 heavy (non-hydrogen) atoms. The fourth-order valence-electron chi connectivity index (χ4n) is 8.86. The molecule has 6 nitrogen and oxygen atoms in total. The zero-order valence-electron chi connectivity index (χ0n) is 41.8. The largest absolute Gasteiger partial charge is 0.469 e. The molecule has 0 unspecified atom stereocenters. The number of ether oxygens (including phenoxy) is 2. The maximum atomic E-state index is 11.4. The van der Waals surface area contributed by atoms with E-state index in [9.17, 15) is 14.4 Å². The quantitative estimate of drug-likeness (QED) is 0.0469. The SMILES string of the molecule is CC(C)CCC[C@@H](C)CCC[C@H](C)CCC[C@H](C)CCC[C@@H](C)CO[C@@H](COCC[C@H](C)CCC[C@@H](C)CCC[C@@H](C)CCC[C@@H](C)CCCC(C)C)COP(=O)(O)O. The van der Waals surface area contributed by atoms with Gasteiger partial charge in [0.1, 0.15) is 6.10 Å². The van der Waals surface area contributed by atoms with Gasteiger partial charge in [0.15, 0.2) is 0 Å². The molecule has 0 aromatic heterocycles. The minimum Gasteiger partial charge on any atom is -0.379 e. The Balaban J connectivity index is 4.16. The van der Waals surface area contributed by atoms with Crippen LogP contribution in [0.25, 0.3) is 0 Å². The van der Waals surface area contributed by atoms with Crippen LogP contribution in [0.15, 0.2) is 0 Å². The summed E-state index contributed by atoms with van der Waals surface area (Å²) in [4.78, 5) is 18.6. The fourth-order valence-corrected chi connectivity index (χ4v) is 9.22. The van der Waals surface area contributed by atoms with Gasteiger partial charge in [-0.3, -0.25) is 4.52 Å². The van der Waals surface area contributed by atoms with E-state index in [1.165, 1.54) is 148 Å². The summed E-state index contributed by atoms with van der Waals surface area (Å²) in [7, 11) is -4.57. The predicted octanol–water partition coefficient (Wildman–Crippen LogP) is 16.7. The highest BCUT2D eigenvalue weighted by Gasteiger charge is 2.20. The van der Waals surface area contributed by atoms with Crippen molar-refractivity contribution < 1.29 is 28.3 Å². The second kappa shape index (κ2) is 37.4. The van der Waals surface area contributed by atoms with Crippen molar-refractivity contribution in [1.82, 2.24) is 0 Å². The lowest BCUT2D eigenvalue weighted by molar-refractivity contribution is -0.0529. The molecule has 0 radical (unpaired) electrons. The zero-order valence-corrected chi connectivity index (χ0v) is 42.7. The van der Waals surface area contributed by atoms with E-state index in [-0.39, 0.29) is 6.61 Å². The van der Waals surface area contributed by atoms with E-state index >= 15 is 0 Å². The summed E-state index contributed by atoms with van der Waals surface area (Å²) in [6.07, 6.45) is 32.6. The van der Waals surface area contributed by atoms with E-state index in [0.717, 1.165) is 60.2 Å². The molecule has 0 aromatic rings. The average molecular weight is 859 g/mol. The van der Waals surface area contributed by atoms with E-state index in [1.54, 1.807) is 0 Å². The minimum absolute atomic E-state index is 0.159. The van der Waals surface area contributed by atoms with Gasteiger partial charge >= 0.3 is 7.82 Å². The number of phosphoric ester groups is 1. The van der Waals surface area contributed by atoms with Crippen molar-refractivity contribution in [3.8, 4) is 0 Å². The molecule has 0 heterocycles. The summed E-state index contributed by atoms with van der Waals surface area (Å²) in [6, 6.07) is 0. The Morgan fingerprint density at radius 3 is 0.915 bits per heavy atom. The van der Waals surface area contributed by atoms with Gasteiger partial charge in [-0.05, 0) is 72.0 Å². The summed E-state index contributed by atoms with van der Waals surface area (Å²) in [6.45, 7) is 29.8. The maximum absolute atomic E-state index is 11.4. The van der Waals surface area contributed by atoms with Crippen LogP contribution in [0, 0.1) is 59.2 Å². The van der Waals surface area contributed by atoms with Crippen molar-refractivity contribution in [2.24, 2.45) is 59.2 Å². The third-order valence-corrected chi connectivity index (χ3v) is 13.9. The van der Waals surface area contributed by atoms with Gasteiger partial charge in [0.25, 0.3) is 0 Å². The molecule has 0 fully saturated rings. The zero-order chi connectivity index (χ0) is 44.5. The monoisotopic (exact) mass is 859 g/mol. The van der Waals surface area contributed by atoms with Crippen LogP contribution in [0.1, 0.15) is 244 Å². The van der Waals surface area contributed by atoms with Crippen LogP contribution in [0.2, 0.25) is 0 Å². The van der Waals surface area contributed by atoms with Gasteiger partial charge < -0.3 is 19.3 Å². The van der Waals surface area contributed by atoms with E-state index in [2.05, 4.69) is 83.1 Å². The molecule has 0 rings (SSSR count). The first-order valence-electron chi connectivity index (χ1n) is 25.7. The van der Waals surface area contributed by atoms with Crippen molar-refractivity contribution in [1.29, 1.82) is 0 Å². The molecule has 0 aliphatic carbocycles. The van der Waals surface area contributed by atoms with Gasteiger partial charge in [-0.25, -0.2) is 4.57 Å². The van der Waals surface area contributed by atoms with E-state index < -0.39 is 13.9 Å². The Morgan fingerprint density at radius 2 is 0.627 bits per heavy atom. The third-order valence-electron chi connectivity index (χ3n) is 13.4. The van der Waals surface area contributed by atoms with Crippen molar-refractivity contribution in [3.63, 3.8) is 0 Å². The summed E-state index contributed by atoms with van der Waals surface area (Å²) in [5.74, 6) is 7.63. The summed E-state index contributed by atoms with van der Waals surface area (Å²) >= 11 is 0.